The third kappa shape index (κ3) is 2.81. The average Bonchev–Trinajstić information content (AvgIpc) is 2.34. The summed E-state index contributed by atoms with van der Waals surface area (Å²) >= 11 is 2.99. The molecule has 0 aliphatic carbocycles. The van der Waals surface area contributed by atoms with Crippen LogP contribution in [0.25, 0.3) is 0 Å². The highest BCUT2D eigenvalue weighted by Crippen LogP contribution is 2.23. The summed E-state index contributed by atoms with van der Waals surface area (Å²) in [5, 5.41) is 28.4. The van der Waals surface area contributed by atoms with Gasteiger partial charge in [0.15, 0.2) is 11.4 Å². The molecule has 0 spiro atoms. The second-order valence-electron chi connectivity index (χ2n) is 2.81. The highest BCUT2D eigenvalue weighted by Gasteiger charge is 2.10. The fraction of sp³-hybridized carbons (Fsp3) is 0. The number of hydrogen-bond acceptors (Lipinski definition) is 4. The predicted octanol–water partition coefficient (Wildman–Crippen LogP) is 2.82. The van der Waals surface area contributed by atoms with Crippen molar-refractivity contribution in [1.82, 2.24) is 0 Å². The normalized spacial score (nSPS) is 8.41. The summed E-state index contributed by atoms with van der Waals surface area (Å²) < 4.78 is 13.8. The van der Waals surface area contributed by atoms with Crippen molar-refractivity contribution in [3.63, 3.8) is 0 Å². The number of nitrogens with one attached hydrogen (secondary N) is 1. The number of anilines is 1. The van der Waals surface area contributed by atoms with Crippen LogP contribution < -0.4 is 5.32 Å². The molecule has 0 aliphatic rings. The van der Waals surface area contributed by atoms with Gasteiger partial charge in [-0.3, -0.25) is 0 Å². The van der Waals surface area contributed by atoms with Gasteiger partial charge in [0.2, 0.25) is 0 Å². The zero-order valence-electron chi connectivity index (χ0n) is 8.33. The molecule has 0 bridgehead atoms. The molecule has 0 radical (unpaired) electrons. The largest absolute Gasteiger partial charge is 0.343 e. The molecule has 0 saturated carbocycles. The van der Waals surface area contributed by atoms with E-state index in [9.17, 15) is 4.39 Å². The monoisotopic (exact) mass is 290 g/mol. The Balaban J connectivity index is 3.21. The third-order valence-electron chi connectivity index (χ3n) is 1.80. The Morgan fingerprint density at radius 2 is 1.82 bits per heavy atom. The smallest absolute Gasteiger partial charge is 0.163 e. The summed E-state index contributed by atoms with van der Waals surface area (Å²) in [4.78, 5) is 0. The SMILES string of the molecule is N#CC(C#N)=C(C#N)Nc1cccc(Br)c1F. The minimum Gasteiger partial charge on any atom is -0.343 e. The van der Waals surface area contributed by atoms with Crippen LogP contribution in [0.15, 0.2) is 33.9 Å². The van der Waals surface area contributed by atoms with E-state index in [1.54, 1.807) is 24.3 Å². The molecular formula is C11H4BrFN4. The predicted molar refractivity (Wildman–Crippen MR) is 61.6 cm³/mol. The molecule has 0 atom stereocenters. The molecule has 0 aromatic heterocycles. The Morgan fingerprint density at radius 3 is 2.35 bits per heavy atom. The van der Waals surface area contributed by atoms with Crippen molar-refractivity contribution in [2.45, 2.75) is 0 Å². The third-order valence-corrected chi connectivity index (χ3v) is 2.41. The van der Waals surface area contributed by atoms with Crippen LogP contribution in [0.1, 0.15) is 0 Å². The Labute approximate surface area is 105 Å². The molecule has 1 aromatic rings. The zero-order valence-corrected chi connectivity index (χ0v) is 9.92. The lowest BCUT2D eigenvalue weighted by Gasteiger charge is -2.06. The van der Waals surface area contributed by atoms with E-state index in [1.807, 2.05) is 0 Å². The number of nitrogens with zero attached hydrogens (tertiary/aromatic N) is 3. The van der Waals surface area contributed by atoms with E-state index in [1.165, 1.54) is 12.1 Å². The van der Waals surface area contributed by atoms with E-state index < -0.39 is 11.4 Å². The lowest BCUT2D eigenvalue weighted by atomic mass is 10.2. The van der Waals surface area contributed by atoms with Gasteiger partial charge in [-0.05, 0) is 28.1 Å². The minimum atomic E-state index is -0.601. The molecule has 0 unspecified atom stereocenters. The van der Waals surface area contributed by atoms with Crippen LogP contribution in [0.4, 0.5) is 10.1 Å². The lowest BCUT2D eigenvalue weighted by Crippen LogP contribution is -2.02. The summed E-state index contributed by atoms with van der Waals surface area (Å²) in [5.74, 6) is -0.601. The average molecular weight is 291 g/mol. The number of rotatable bonds is 2. The quantitative estimate of drug-likeness (QED) is 0.849. The van der Waals surface area contributed by atoms with Crippen molar-refractivity contribution in [2.75, 3.05) is 5.32 Å². The van der Waals surface area contributed by atoms with Gasteiger partial charge in [0.1, 0.15) is 23.9 Å². The van der Waals surface area contributed by atoms with Gasteiger partial charge < -0.3 is 5.32 Å². The Morgan fingerprint density at radius 1 is 1.18 bits per heavy atom. The Hall–Kier alpha value is -2.36. The highest BCUT2D eigenvalue weighted by atomic mass is 79.9. The maximum absolute atomic E-state index is 13.6. The molecule has 1 aromatic carbocycles. The van der Waals surface area contributed by atoms with Crippen molar-refractivity contribution in [2.24, 2.45) is 0 Å². The van der Waals surface area contributed by atoms with Gasteiger partial charge in [0.25, 0.3) is 0 Å². The minimum absolute atomic E-state index is 0.0129. The first kappa shape index (κ1) is 12.7. The number of allylic oxidation sites excluding steroid dienone is 2. The fourth-order valence-electron chi connectivity index (χ4n) is 1.02. The number of benzene rings is 1. The van der Waals surface area contributed by atoms with Crippen LogP contribution in [-0.2, 0) is 0 Å². The van der Waals surface area contributed by atoms with Gasteiger partial charge in [0, 0.05) is 0 Å². The molecule has 0 aliphatic heterocycles. The second kappa shape index (κ2) is 5.65. The Kier molecular flexibility index (Phi) is 4.22. The number of hydrogen-bond donors (Lipinski definition) is 1. The summed E-state index contributed by atoms with van der Waals surface area (Å²) in [7, 11) is 0. The molecule has 82 valence electrons. The first-order chi connectivity index (χ1) is 8.13. The first-order valence-electron chi connectivity index (χ1n) is 4.29. The van der Waals surface area contributed by atoms with Gasteiger partial charge in [-0.25, -0.2) is 4.39 Å². The molecule has 4 nitrogen and oxygen atoms in total. The van der Waals surface area contributed by atoms with Crippen molar-refractivity contribution in [1.29, 1.82) is 15.8 Å². The van der Waals surface area contributed by atoms with Crippen LogP contribution >= 0.6 is 15.9 Å². The van der Waals surface area contributed by atoms with E-state index in [2.05, 4.69) is 21.2 Å². The van der Waals surface area contributed by atoms with Gasteiger partial charge in [-0.1, -0.05) is 6.07 Å². The van der Waals surface area contributed by atoms with E-state index >= 15 is 0 Å². The number of nitriles is 3. The van der Waals surface area contributed by atoms with Gasteiger partial charge >= 0.3 is 0 Å². The first-order valence-corrected chi connectivity index (χ1v) is 5.09. The van der Waals surface area contributed by atoms with Crippen molar-refractivity contribution in [3.05, 3.63) is 39.8 Å². The summed E-state index contributed by atoms with van der Waals surface area (Å²) in [6.07, 6.45) is 0. The van der Waals surface area contributed by atoms with Crippen LogP contribution in [0.3, 0.4) is 0 Å². The second-order valence-corrected chi connectivity index (χ2v) is 3.67. The van der Waals surface area contributed by atoms with Crippen molar-refractivity contribution < 1.29 is 4.39 Å². The number of halogens is 2. The van der Waals surface area contributed by atoms with Crippen LogP contribution in [0.2, 0.25) is 0 Å². The molecule has 17 heavy (non-hydrogen) atoms. The molecule has 6 heteroatoms. The van der Waals surface area contributed by atoms with E-state index in [0.29, 0.717) is 0 Å². The molecular weight excluding hydrogens is 287 g/mol. The van der Waals surface area contributed by atoms with Gasteiger partial charge in [0.05, 0.1) is 10.2 Å². The zero-order chi connectivity index (χ0) is 12.8. The van der Waals surface area contributed by atoms with E-state index in [-0.39, 0.29) is 15.9 Å². The molecule has 0 heterocycles. The Bertz CT molecular complexity index is 585. The molecule has 0 saturated heterocycles. The molecule has 1 N–H and O–H groups in total. The summed E-state index contributed by atoms with van der Waals surface area (Å²) in [6.45, 7) is 0. The molecule has 1 rings (SSSR count). The van der Waals surface area contributed by atoms with Crippen molar-refractivity contribution in [3.8, 4) is 18.2 Å². The van der Waals surface area contributed by atoms with Crippen LogP contribution in [-0.4, -0.2) is 0 Å². The maximum atomic E-state index is 13.6. The van der Waals surface area contributed by atoms with Gasteiger partial charge in [-0.15, -0.1) is 0 Å². The van der Waals surface area contributed by atoms with Crippen LogP contribution in [0, 0.1) is 39.8 Å². The van der Waals surface area contributed by atoms with E-state index in [4.69, 9.17) is 15.8 Å². The molecule has 0 fully saturated rings. The fourth-order valence-corrected chi connectivity index (χ4v) is 1.38. The highest BCUT2D eigenvalue weighted by molar-refractivity contribution is 9.10. The summed E-state index contributed by atoms with van der Waals surface area (Å²) in [5.41, 5.74) is -0.669. The lowest BCUT2D eigenvalue weighted by molar-refractivity contribution is 0.625. The standard InChI is InChI=1S/C11H4BrFN4/c12-8-2-1-3-9(11(8)13)17-10(6-16)7(4-14)5-15/h1-3,17H. The van der Waals surface area contributed by atoms with Crippen molar-refractivity contribution >= 4 is 21.6 Å². The molecule has 0 amide bonds. The maximum Gasteiger partial charge on any atom is 0.163 e. The van der Waals surface area contributed by atoms with E-state index in [0.717, 1.165) is 0 Å². The topological polar surface area (TPSA) is 83.4 Å². The van der Waals surface area contributed by atoms with Crippen LogP contribution in [0.5, 0.6) is 0 Å². The summed E-state index contributed by atoms with van der Waals surface area (Å²) in [6, 6.07) is 9.20. The van der Waals surface area contributed by atoms with Gasteiger partial charge in [-0.2, -0.15) is 15.8 Å².